The molecule has 1 amide bonds. The van der Waals surface area contributed by atoms with Gasteiger partial charge in [0.05, 0.1) is 12.1 Å². The molecule has 0 aromatic carbocycles. The molecule has 0 radical (unpaired) electrons. The van der Waals surface area contributed by atoms with Gasteiger partial charge in [-0.3, -0.25) is 9.69 Å². The fourth-order valence-corrected chi connectivity index (χ4v) is 3.74. The Balaban J connectivity index is 1.73. The summed E-state index contributed by atoms with van der Waals surface area (Å²) in [7, 11) is 0. The molecule has 1 aromatic heterocycles. The van der Waals surface area contributed by atoms with E-state index in [0.29, 0.717) is 31.0 Å². The summed E-state index contributed by atoms with van der Waals surface area (Å²) < 4.78 is 38.1. The van der Waals surface area contributed by atoms with Crippen LogP contribution in [0.15, 0.2) is 18.3 Å². The lowest BCUT2D eigenvalue weighted by Crippen LogP contribution is -2.54. The number of piperazine rings is 1. The number of piperidine rings is 1. The van der Waals surface area contributed by atoms with E-state index >= 15 is 0 Å². The fourth-order valence-electron chi connectivity index (χ4n) is 3.74. The number of alkyl halides is 3. The molecule has 2 aliphatic heterocycles. The van der Waals surface area contributed by atoms with Crippen molar-refractivity contribution in [2.24, 2.45) is 0 Å². The molecule has 8 heteroatoms. The lowest BCUT2D eigenvalue weighted by molar-refractivity contribution is -0.150. The van der Waals surface area contributed by atoms with Crippen molar-refractivity contribution in [1.82, 2.24) is 14.8 Å². The van der Waals surface area contributed by atoms with E-state index in [1.807, 2.05) is 9.80 Å². The molecule has 0 bridgehead atoms. The maximum absolute atomic E-state index is 12.9. The average Bonchev–Trinajstić information content (AvgIpc) is 2.62. The molecule has 2 aliphatic rings. The second-order valence-electron chi connectivity index (χ2n) is 7.11. The topological polar surface area (TPSA) is 39.7 Å². The van der Waals surface area contributed by atoms with Gasteiger partial charge in [-0.05, 0) is 38.3 Å². The SMILES string of the molecule is CC1CN(c2ncccc2C(=O)N2CCCCC2)CCN1CC(F)(F)F. The number of carbonyl (C=O) groups excluding carboxylic acids is 1. The highest BCUT2D eigenvalue weighted by Gasteiger charge is 2.36. The Hall–Kier alpha value is -1.83. The molecule has 0 spiro atoms. The van der Waals surface area contributed by atoms with E-state index in [-0.39, 0.29) is 11.9 Å². The van der Waals surface area contributed by atoms with Crippen LogP contribution in [0, 0.1) is 0 Å². The van der Waals surface area contributed by atoms with Crippen molar-refractivity contribution in [3.05, 3.63) is 23.9 Å². The highest BCUT2D eigenvalue weighted by atomic mass is 19.4. The van der Waals surface area contributed by atoms with Crippen LogP contribution in [-0.2, 0) is 0 Å². The molecular formula is C18H25F3N4O. The van der Waals surface area contributed by atoms with E-state index in [1.165, 1.54) is 4.90 Å². The highest BCUT2D eigenvalue weighted by Crippen LogP contribution is 2.25. The zero-order chi connectivity index (χ0) is 18.7. The molecule has 1 aromatic rings. The van der Waals surface area contributed by atoms with Crippen LogP contribution in [0.5, 0.6) is 0 Å². The van der Waals surface area contributed by atoms with Gasteiger partial charge in [-0.25, -0.2) is 4.98 Å². The van der Waals surface area contributed by atoms with Crippen molar-refractivity contribution in [1.29, 1.82) is 0 Å². The molecule has 26 heavy (non-hydrogen) atoms. The normalized spacial score (nSPS) is 22.5. The molecule has 0 saturated carbocycles. The number of anilines is 1. The fraction of sp³-hybridized carbons (Fsp3) is 0.667. The standard InChI is InChI=1S/C18H25F3N4O/c1-14-12-24(10-11-25(14)13-18(19,20)21)16-15(6-5-7-22-16)17(26)23-8-3-2-4-9-23/h5-7,14H,2-4,8-13H2,1H3. The van der Waals surface area contributed by atoms with E-state index in [1.54, 1.807) is 25.3 Å². The zero-order valence-corrected chi connectivity index (χ0v) is 15.0. The first-order valence-corrected chi connectivity index (χ1v) is 9.15. The monoisotopic (exact) mass is 370 g/mol. The lowest BCUT2D eigenvalue weighted by atomic mass is 10.1. The van der Waals surface area contributed by atoms with Crippen molar-refractivity contribution < 1.29 is 18.0 Å². The molecule has 5 nitrogen and oxygen atoms in total. The van der Waals surface area contributed by atoms with Gasteiger partial charge in [0, 0.05) is 45.0 Å². The number of pyridine rings is 1. The Kier molecular flexibility index (Phi) is 5.70. The smallest absolute Gasteiger partial charge is 0.353 e. The second-order valence-corrected chi connectivity index (χ2v) is 7.11. The van der Waals surface area contributed by atoms with E-state index in [0.717, 1.165) is 32.4 Å². The third-order valence-corrected chi connectivity index (χ3v) is 5.11. The summed E-state index contributed by atoms with van der Waals surface area (Å²) in [5, 5.41) is 0. The van der Waals surface area contributed by atoms with Crippen LogP contribution in [0.2, 0.25) is 0 Å². The van der Waals surface area contributed by atoms with Gasteiger partial charge in [0.15, 0.2) is 0 Å². The van der Waals surface area contributed by atoms with Gasteiger partial charge in [0.1, 0.15) is 5.82 Å². The van der Waals surface area contributed by atoms with Crippen molar-refractivity contribution in [2.45, 2.75) is 38.4 Å². The summed E-state index contributed by atoms with van der Waals surface area (Å²) in [5.41, 5.74) is 0.547. The Morgan fingerprint density at radius 3 is 2.58 bits per heavy atom. The number of likely N-dealkylation sites (tertiary alicyclic amines) is 1. The number of hydrogen-bond acceptors (Lipinski definition) is 4. The summed E-state index contributed by atoms with van der Waals surface area (Å²) in [5.74, 6) is 0.555. The van der Waals surface area contributed by atoms with Gasteiger partial charge < -0.3 is 9.80 Å². The predicted octanol–water partition coefficient (Wildman–Crippen LogP) is 2.78. The van der Waals surface area contributed by atoms with Gasteiger partial charge in [-0.1, -0.05) is 0 Å². The first-order valence-electron chi connectivity index (χ1n) is 9.15. The Morgan fingerprint density at radius 1 is 1.19 bits per heavy atom. The van der Waals surface area contributed by atoms with Crippen LogP contribution >= 0.6 is 0 Å². The van der Waals surface area contributed by atoms with Crippen molar-refractivity contribution in [3.8, 4) is 0 Å². The molecule has 3 rings (SSSR count). The second kappa shape index (κ2) is 7.82. The van der Waals surface area contributed by atoms with Gasteiger partial charge in [-0.2, -0.15) is 13.2 Å². The first kappa shape index (κ1) is 18.9. The number of amides is 1. The molecule has 2 saturated heterocycles. The molecule has 1 atom stereocenters. The Morgan fingerprint density at radius 2 is 1.92 bits per heavy atom. The van der Waals surface area contributed by atoms with Gasteiger partial charge >= 0.3 is 6.18 Å². The number of hydrogen-bond donors (Lipinski definition) is 0. The molecule has 0 aliphatic carbocycles. The average molecular weight is 370 g/mol. The van der Waals surface area contributed by atoms with E-state index in [9.17, 15) is 18.0 Å². The molecule has 0 N–H and O–H groups in total. The van der Waals surface area contributed by atoms with Crippen molar-refractivity contribution in [2.75, 3.05) is 44.2 Å². The maximum Gasteiger partial charge on any atom is 0.401 e. The van der Waals surface area contributed by atoms with Crippen LogP contribution < -0.4 is 4.90 Å². The minimum absolute atomic E-state index is 0.0295. The molecular weight excluding hydrogens is 345 g/mol. The van der Waals surface area contributed by atoms with Crippen LogP contribution in [-0.4, -0.2) is 72.2 Å². The summed E-state index contributed by atoms with van der Waals surface area (Å²) in [6.45, 7) is 3.54. The van der Waals surface area contributed by atoms with E-state index in [2.05, 4.69) is 4.98 Å². The largest absolute Gasteiger partial charge is 0.401 e. The number of aromatic nitrogens is 1. The summed E-state index contributed by atoms with van der Waals surface area (Å²) >= 11 is 0. The van der Waals surface area contributed by atoms with Gasteiger partial charge in [0.25, 0.3) is 5.91 Å². The minimum Gasteiger partial charge on any atom is -0.353 e. The van der Waals surface area contributed by atoms with Gasteiger partial charge in [-0.15, -0.1) is 0 Å². The third kappa shape index (κ3) is 4.47. The maximum atomic E-state index is 12.9. The number of nitrogens with zero attached hydrogens (tertiary/aromatic N) is 4. The predicted molar refractivity (Wildman–Crippen MR) is 93.3 cm³/mol. The first-order chi connectivity index (χ1) is 12.3. The lowest BCUT2D eigenvalue weighted by Gasteiger charge is -2.41. The van der Waals surface area contributed by atoms with Crippen molar-refractivity contribution in [3.63, 3.8) is 0 Å². The van der Waals surface area contributed by atoms with Crippen LogP contribution in [0.25, 0.3) is 0 Å². The number of rotatable bonds is 3. The highest BCUT2D eigenvalue weighted by molar-refractivity contribution is 5.99. The molecule has 3 heterocycles. The minimum atomic E-state index is -4.20. The van der Waals surface area contributed by atoms with Crippen LogP contribution in [0.4, 0.5) is 19.0 Å². The number of halogens is 3. The van der Waals surface area contributed by atoms with Crippen LogP contribution in [0.1, 0.15) is 36.5 Å². The van der Waals surface area contributed by atoms with Crippen molar-refractivity contribution >= 4 is 11.7 Å². The molecule has 2 fully saturated rings. The Bertz CT molecular complexity index is 631. The third-order valence-electron chi connectivity index (χ3n) is 5.11. The van der Waals surface area contributed by atoms with Gasteiger partial charge in [0.2, 0.25) is 0 Å². The quantitative estimate of drug-likeness (QED) is 0.820. The summed E-state index contributed by atoms with van der Waals surface area (Å²) in [6.07, 6.45) is 0.594. The van der Waals surface area contributed by atoms with E-state index < -0.39 is 12.7 Å². The number of carbonyl (C=O) groups is 1. The summed E-state index contributed by atoms with van der Waals surface area (Å²) in [6, 6.07) is 3.25. The van der Waals surface area contributed by atoms with E-state index in [4.69, 9.17) is 0 Å². The van der Waals surface area contributed by atoms with Crippen LogP contribution in [0.3, 0.4) is 0 Å². The zero-order valence-electron chi connectivity index (χ0n) is 15.0. The summed E-state index contributed by atoms with van der Waals surface area (Å²) in [4.78, 5) is 22.5. The molecule has 1 unspecified atom stereocenters. The Labute approximate surface area is 151 Å². The molecule has 144 valence electrons.